The molecule has 0 unspecified atom stereocenters. The van der Waals surface area contributed by atoms with Crippen molar-refractivity contribution in [2.45, 2.75) is 10.4 Å². The van der Waals surface area contributed by atoms with Crippen LogP contribution in [0.3, 0.4) is 0 Å². The molecular weight excluding hydrogens is 360 g/mol. The molecule has 0 atom stereocenters. The monoisotopic (exact) mass is 370 g/mol. The van der Waals surface area contributed by atoms with Gasteiger partial charge in [0.15, 0.2) is 0 Å². The van der Waals surface area contributed by atoms with E-state index >= 15 is 0 Å². The van der Waals surface area contributed by atoms with Crippen LogP contribution in [0.4, 0.5) is 0 Å². The SMILES string of the molecule is CS(=O)(=O)c1nnc(-c2ccc(-c3nnc(S(C)(=O)=O)o3)cc2)o1. The van der Waals surface area contributed by atoms with Gasteiger partial charge < -0.3 is 8.83 Å². The molecule has 0 aliphatic heterocycles. The second-order valence-electron chi connectivity index (χ2n) is 4.87. The van der Waals surface area contributed by atoms with Crippen molar-refractivity contribution in [3.05, 3.63) is 24.3 Å². The minimum Gasteiger partial charge on any atom is -0.408 e. The Balaban J connectivity index is 1.91. The van der Waals surface area contributed by atoms with E-state index in [0.717, 1.165) is 12.5 Å². The molecule has 0 radical (unpaired) electrons. The van der Waals surface area contributed by atoms with Gasteiger partial charge in [-0.05, 0) is 24.3 Å². The average Bonchev–Trinajstić information content (AvgIpc) is 3.16. The first-order valence-electron chi connectivity index (χ1n) is 6.32. The van der Waals surface area contributed by atoms with E-state index in [4.69, 9.17) is 8.83 Å². The highest BCUT2D eigenvalue weighted by atomic mass is 32.2. The summed E-state index contributed by atoms with van der Waals surface area (Å²) in [5.41, 5.74) is 0.952. The molecule has 0 saturated carbocycles. The fourth-order valence-electron chi connectivity index (χ4n) is 1.71. The normalized spacial score (nSPS) is 12.4. The molecule has 0 fully saturated rings. The van der Waals surface area contributed by atoms with Crippen LogP contribution >= 0.6 is 0 Å². The predicted octanol–water partition coefficient (Wildman–Crippen LogP) is 0.594. The second kappa shape index (κ2) is 5.49. The fraction of sp³-hybridized carbons (Fsp3) is 0.167. The lowest BCUT2D eigenvalue weighted by molar-refractivity contribution is 0.441. The van der Waals surface area contributed by atoms with Gasteiger partial charge in [0.05, 0.1) is 0 Å². The molecule has 0 aliphatic rings. The highest BCUT2D eigenvalue weighted by Gasteiger charge is 2.19. The molecule has 12 heteroatoms. The lowest BCUT2D eigenvalue weighted by Crippen LogP contribution is -1.96. The molecule has 0 aliphatic carbocycles. The number of rotatable bonds is 4. The van der Waals surface area contributed by atoms with Crippen molar-refractivity contribution in [3.8, 4) is 22.9 Å². The number of nitrogens with zero attached hydrogens (tertiary/aromatic N) is 4. The van der Waals surface area contributed by atoms with Crippen molar-refractivity contribution in [3.63, 3.8) is 0 Å². The maximum atomic E-state index is 11.3. The Labute approximate surface area is 136 Å². The van der Waals surface area contributed by atoms with E-state index in [1.165, 1.54) is 0 Å². The van der Waals surface area contributed by atoms with Crippen LogP contribution in [0.1, 0.15) is 0 Å². The van der Waals surface area contributed by atoms with Crippen LogP contribution in [0.15, 0.2) is 43.5 Å². The van der Waals surface area contributed by atoms with Crippen LogP contribution in [-0.4, -0.2) is 49.7 Å². The minimum absolute atomic E-state index is 0.0318. The molecule has 0 saturated heterocycles. The van der Waals surface area contributed by atoms with Gasteiger partial charge in [0.25, 0.3) is 0 Å². The zero-order valence-electron chi connectivity index (χ0n) is 12.4. The van der Waals surface area contributed by atoms with Gasteiger partial charge in [0, 0.05) is 23.6 Å². The van der Waals surface area contributed by atoms with Crippen molar-refractivity contribution in [2.75, 3.05) is 12.5 Å². The van der Waals surface area contributed by atoms with Crippen molar-refractivity contribution in [2.24, 2.45) is 0 Å². The van der Waals surface area contributed by atoms with Crippen LogP contribution in [-0.2, 0) is 19.7 Å². The molecule has 10 nitrogen and oxygen atoms in total. The third kappa shape index (κ3) is 3.19. The zero-order chi connectivity index (χ0) is 17.5. The van der Waals surface area contributed by atoms with E-state index in [9.17, 15) is 16.8 Å². The lowest BCUT2D eigenvalue weighted by atomic mass is 10.1. The van der Waals surface area contributed by atoms with E-state index in [-0.39, 0.29) is 11.8 Å². The topological polar surface area (TPSA) is 146 Å². The first kappa shape index (κ1) is 16.3. The van der Waals surface area contributed by atoms with Gasteiger partial charge in [0.2, 0.25) is 31.5 Å². The van der Waals surface area contributed by atoms with E-state index in [0.29, 0.717) is 11.1 Å². The van der Waals surface area contributed by atoms with Gasteiger partial charge in [-0.3, -0.25) is 0 Å². The molecule has 0 bridgehead atoms. The molecule has 126 valence electrons. The Morgan fingerprint density at radius 2 is 1.00 bits per heavy atom. The van der Waals surface area contributed by atoms with E-state index in [2.05, 4.69) is 20.4 Å². The molecule has 1 aromatic carbocycles. The molecule has 24 heavy (non-hydrogen) atoms. The van der Waals surface area contributed by atoms with Crippen molar-refractivity contribution in [1.29, 1.82) is 0 Å². The smallest absolute Gasteiger partial charge is 0.335 e. The number of hydrogen-bond acceptors (Lipinski definition) is 10. The molecule has 0 spiro atoms. The Morgan fingerprint density at radius 3 is 1.25 bits per heavy atom. The van der Waals surface area contributed by atoms with Crippen molar-refractivity contribution in [1.82, 2.24) is 20.4 Å². The Kier molecular flexibility index (Phi) is 3.72. The number of benzene rings is 1. The maximum Gasteiger partial charge on any atom is 0.335 e. The minimum atomic E-state index is -3.58. The number of hydrogen-bond donors (Lipinski definition) is 0. The third-order valence-corrected chi connectivity index (χ3v) is 4.42. The molecular formula is C12H10N4O6S2. The Bertz CT molecular complexity index is 1010. The molecule has 2 heterocycles. The summed E-state index contributed by atoms with van der Waals surface area (Å²) in [4.78, 5) is 0. The standard InChI is InChI=1S/C12H10N4O6S2/c1-23(17,18)11-15-13-9(21-11)7-3-5-8(6-4-7)10-14-16-12(22-10)24(2,19)20/h3-6H,1-2H3. The summed E-state index contributed by atoms with van der Waals surface area (Å²) in [6.45, 7) is 0. The molecule has 2 aromatic heterocycles. The molecule has 0 N–H and O–H groups in total. The predicted molar refractivity (Wildman–Crippen MR) is 79.2 cm³/mol. The van der Waals surface area contributed by atoms with Crippen LogP contribution in [0.2, 0.25) is 0 Å². The van der Waals surface area contributed by atoms with Crippen molar-refractivity contribution >= 4 is 19.7 Å². The fourth-order valence-corrected chi connectivity index (χ4v) is 2.55. The average molecular weight is 370 g/mol. The summed E-state index contributed by atoms with van der Waals surface area (Å²) < 4.78 is 55.5. The lowest BCUT2D eigenvalue weighted by Gasteiger charge is -1.97. The van der Waals surface area contributed by atoms with Gasteiger partial charge in [0.1, 0.15) is 0 Å². The van der Waals surface area contributed by atoms with E-state index in [1.807, 2.05) is 0 Å². The van der Waals surface area contributed by atoms with Gasteiger partial charge in [-0.1, -0.05) is 10.2 Å². The molecule has 0 amide bonds. The summed E-state index contributed by atoms with van der Waals surface area (Å²) >= 11 is 0. The summed E-state index contributed by atoms with van der Waals surface area (Å²) in [5, 5.41) is 13.3. The van der Waals surface area contributed by atoms with Gasteiger partial charge in [-0.2, -0.15) is 0 Å². The number of aromatic nitrogens is 4. The quantitative estimate of drug-likeness (QED) is 0.639. The maximum absolute atomic E-state index is 11.3. The van der Waals surface area contributed by atoms with E-state index in [1.54, 1.807) is 24.3 Å². The number of sulfone groups is 2. The first-order valence-corrected chi connectivity index (χ1v) is 10.1. The first-order chi connectivity index (χ1) is 11.1. The van der Waals surface area contributed by atoms with Gasteiger partial charge in [-0.15, -0.1) is 10.2 Å². The highest BCUT2D eigenvalue weighted by molar-refractivity contribution is 7.90. The Hall–Kier alpha value is -2.60. The summed E-state index contributed by atoms with van der Waals surface area (Å²) in [7, 11) is -7.17. The van der Waals surface area contributed by atoms with Crippen LogP contribution in [0.5, 0.6) is 0 Å². The highest BCUT2D eigenvalue weighted by Crippen LogP contribution is 2.25. The third-order valence-electron chi connectivity index (χ3n) is 2.83. The Morgan fingerprint density at radius 1 is 0.667 bits per heavy atom. The van der Waals surface area contributed by atoms with Crippen LogP contribution < -0.4 is 0 Å². The van der Waals surface area contributed by atoms with Crippen LogP contribution in [0.25, 0.3) is 22.9 Å². The largest absolute Gasteiger partial charge is 0.408 e. The molecule has 3 rings (SSSR count). The second-order valence-corrected chi connectivity index (χ2v) is 8.66. The van der Waals surface area contributed by atoms with Gasteiger partial charge >= 0.3 is 10.4 Å². The zero-order valence-corrected chi connectivity index (χ0v) is 14.0. The van der Waals surface area contributed by atoms with Gasteiger partial charge in [-0.25, -0.2) is 16.8 Å². The molecule has 3 aromatic rings. The van der Waals surface area contributed by atoms with E-state index < -0.39 is 30.1 Å². The summed E-state index contributed by atoms with van der Waals surface area (Å²) in [6, 6.07) is 6.27. The van der Waals surface area contributed by atoms with Crippen molar-refractivity contribution < 1.29 is 25.7 Å². The van der Waals surface area contributed by atoms with Crippen LogP contribution in [0, 0.1) is 0 Å². The summed E-state index contributed by atoms with van der Waals surface area (Å²) in [6.07, 6.45) is 1.92. The summed E-state index contributed by atoms with van der Waals surface area (Å²) in [5.74, 6) is 0.0636.